The molecule has 1 heterocycles. The summed E-state index contributed by atoms with van der Waals surface area (Å²) in [6, 6.07) is -0.170. The van der Waals surface area contributed by atoms with Crippen LogP contribution in [0.3, 0.4) is 0 Å². The van der Waals surface area contributed by atoms with Crippen LogP contribution in [0.25, 0.3) is 0 Å². The lowest BCUT2D eigenvalue weighted by Gasteiger charge is -2.39. The minimum atomic E-state index is -3.06. The second-order valence-corrected chi connectivity index (χ2v) is 8.34. The van der Waals surface area contributed by atoms with E-state index in [1.165, 1.54) is 6.26 Å². The third kappa shape index (κ3) is 5.78. The van der Waals surface area contributed by atoms with E-state index in [9.17, 15) is 13.2 Å². The quantitative estimate of drug-likeness (QED) is 0.745. The molecule has 1 atom stereocenters. The summed E-state index contributed by atoms with van der Waals surface area (Å²) in [5.74, 6) is 0.0583. The zero-order chi connectivity index (χ0) is 14.8. The van der Waals surface area contributed by atoms with Gasteiger partial charge in [-0.25, -0.2) is 13.2 Å². The van der Waals surface area contributed by atoms with Crippen LogP contribution in [0.5, 0.6) is 0 Å². The first-order chi connectivity index (χ1) is 8.48. The van der Waals surface area contributed by atoms with Crippen molar-refractivity contribution >= 4 is 15.9 Å². The number of nitrogens with zero attached hydrogens (tertiary/aromatic N) is 2. The molecule has 0 aromatic heterocycles. The lowest BCUT2D eigenvalue weighted by atomic mass is 10.2. The molecule has 1 amide bonds. The summed E-state index contributed by atoms with van der Waals surface area (Å²) in [5, 5.41) is 0. The molecule has 0 aliphatic carbocycles. The van der Waals surface area contributed by atoms with Gasteiger partial charge in [0.15, 0.2) is 0 Å². The Kier molecular flexibility index (Phi) is 4.84. The highest BCUT2D eigenvalue weighted by molar-refractivity contribution is 7.90. The molecule has 1 rings (SSSR count). The van der Waals surface area contributed by atoms with Crippen LogP contribution in [-0.2, 0) is 14.6 Å². The van der Waals surface area contributed by atoms with Gasteiger partial charge in [-0.1, -0.05) is 0 Å². The largest absolute Gasteiger partial charge is 0.444 e. The summed E-state index contributed by atoms with van der Waals surface area (Å²) in [5.41, 5.74) is -0.535. The standard InChI is InChI=1S/C12H24N2O4S/c1-12(2,3)18-11(15)14-7-6-13(4)10(8-14)9-19(5,16)17/h10H,6-9H2,1-5H3/t10-/m1/s1. The monoisotopic (exact) mass is 292 g/mol. The van der Waals surface area contributed by atoms with Gasteiger partial charge in [-0.3, -0.25) is 4.90 Å². The molecule has 0 radical (unpaired) electrons. The van der Waals surface area contributed by atoms with E-state index in [0.29, 0.717) is 19.6 Å². The van der Waals surface area contributed by atoms with Gasteiger partial charge in [0.2, 0.25) is 0 Å². The fraction of sp³-hybridized carbons (Fsp3) is 0.917. The van der Waals surface area contributed by atoms with E-state index in [0.717, 1.165) is 0 Å². The molecule has 1 saturated heterocycles. The minimum absolute atomic E-state index is 0.0583. The number of carbonyl (C=O) groups excluding carboxylic acids is 1. The number of hydrogen-bond acceptors (Lipinski definition) is 5. The average molecular weight is 292 g/mol. The summed E-state index contributed by atoms with van der Waals surface area (Å²) in [7, 11) is -1.18. The fourth-order valence-electron chi connectivity index (χ4n) is 1.97. The van der Waals surface area contributed by atoms with Gasteiger partial charge in [-0.2, -0.15) is 0 Å². The Labute approximate surface area is 115 Å². The molecule has 0 N–H and O–H groups in total. The highest BCUT2D eigenvalue weighted by Crippen LogP contribution is 2.14. The smallest absolute Gasteiger partial charge is 0.410 e. The van der Waals surface area contributed by atoms with Gasteiger partial charge in [0.1, 0.15) is 15.4 Å². The predicted octanol–water partition coefficient (Wildman–Crippen LogP) is 0.582. The molecular weight excluding hydrogens is 268 g/mol. The molecule has 6 nitrogen and oxygen atoms in total. The van der Waals surface area contributed by atoms with E-state index in [1.807, 2.05) is 32.7 Å². The maximum Gasteiger partial charge on any atom is 0.410 e. The molecule has 0 spiro atoms. The molecule has 0 unspecified atom stereocenters. The summed E-state index contributed by atoms with van der Waals surface area (Å²) in [6.45, 7) is 7.04. The van der Waals surface area contributed by atoms with Crippen molar-refractivity contribution in [2.75, 3.05) is 38.7 Å². The number of hydrogen-bond donors (Lipinski definition) is 0. The fourth-order valence-corrected chi connectivity index (χ4v) is 3.03. The number of rotatable bonds is 2. The molecule has 0 bridgehead atoms. The molecule has 0 aromatic carbocycles. The van der Waals surface area contributed by atoms with Crippen molar-refractivity contribution < 1.29 is 17.9 Å². The van der Waals surface area contributed by atoms with E-state index in [-0.39, 0.29) is 17.9 Å². The number of likely N-dealkylation sites (N-methyl/N-ethyl adjacent to an activating group) is 1. The Morgan fingerprint density at radius 3 is 2.37 bits per heavy atom. The van der Waals surface area contributed by atoms with E-state index in [2.05, 4.69) is 0 Å². The van der Waals surface area contributed by atoms with Crippen molar-refractivity contribution in [1.82, 2.24) is 9.80 Å². The van der Waals surface area contributed by atoms with Gasteiger partial charge in [0.05, 0.1) is 5.75 Å². The maximum absolute atomic E-state index is 12.0. The van der Waals surface area contributed by atoms with Crippen molar-refractivity contribution in [3.05, 3.63) is 0 Å². The van der Waals surface area contributed by atoms with Crippen LogP contribution in [0.1, 0.15) is 20.8 Å². The topological polar surface area (TPSA) is 66.9 Å². The molecule has 0 aromatic rings. The summed E-state index contributed by atoms with van der Waals surface area (Å²) in [4.78, 5) is 15.5. The molecular formula is C12H24N2O4S. The van der Waals surface area contributed by atoms with E-state index in [4.69, 9.17) is 4.74 Å². The van der Waals surface area contributed by atoms with Crippen molar-refractivity contribution in [3.63, 3.8) is 0 Å². The van der Waals surface area contributed by atoms with Crippen molar-refractivity contribution in [1.29, 1.82) is 0 Å². The Bertz CT molecular complexity index is 428. The first-order valence-corrected chi connectivity index (χ1v) is 8.40. The lowest BCUT2D eigenvalue weighted by molar-refractivity contribution is 0.00956. The van der Waals surface area contributed by atoms with Crippen LogP contribution in [0, 0.1) is 0 Å². The highest BCUT2D eigenvalue weighted by atomic mass is 32.2. The van der Waals surface area contributed by atoms with Gasteiger partial charge >= 0.3 is 6.09 Å². The first kappa shape index (κ1) is 16.2. The molecule has 1 fully saturated rings. The highest BCUT2D eigenvalue weighted by Gasteiger charge is 2.31. The van der Waals surface area contributed by atoms with Gasteiger partial charge in [-0.15, -0.1) is 0 Å². The number of sulfone groups is 1. The third-order valence-corrected chi connectivity index (χ3v) is 3.91. The second kappa shape index (κ2) is 5.66. The number of amides is 1. The van der Waals surface area contributed by atoms with Crippen LogP contribution in [0.4, 0.5) is 4.79 Å². The zero-order valence-corrected chi connectivity index (χ0v) is 13.2. The zero-order valence-electron chi connectivity index (χ0n) is 12.3. The van der Waals surface area contributed by atoms with Crippen molar-refractivity contribution in [3.8, 4) is 0 Å². The molecule has 1 aliphatic heterocycles. The number of carbonyl (C=O) groups is 1. The molecule has 19 heavy (non-hydrogen) atoms. The van der Waals surface area contributed by atoms with Crippen molar-refractivity contribution in [2.45, 2.75) is 32.4 Å². The normalized spacial score (nSPS) is 22.4. The van der Waals surface area contributed by atoms with Gasteiger partial charge < -0.3 is 9.64 Å². The van der Waals surface area contributed by atoms with Gasteiger partial charge in [0.25, 0.3) is 0 Å². The first-order valence-electron chi connectivity index (χ1n) is 6.34. The second-order valence-electron chi connectivity index (χ2n) is 6.15. The maximum atomic E-state index is 12.0. The van der Waals surface area contributed by atoms with Crippen LogP contribution in [-0.4, -0.2) is 74.6 Å². The molecule has 7 heteroatoms. The minimum Gasteiger partial charge on any atom is -0.444 e. The SMILES string of the molecule is CN1CCN(C(=O)OC(C)(C)C)C[C@@H]1CS(C)(=O)=O. The molecule has 1 aliphatic rings. The van der Waals surface area contributed by atoms with Crippen LogP contribution in [0.2, 0.25) is 0 Å². The third-order valence-electron chi connectivity index (χ3n) is 2.92. The number of piperazine rings is 1. The van der Waals surface area contributed by atoms with Crippen LogP contribution in [0.15, 0.2) is 0 Å². The van der Waals surface area contributed by atoms with E-state index < -0.39 is 15.4 Å². The Hall–Kier alpha value is -0.820. The predicted molar refractivity (Wildman–Crippen MR) is 73.9 cm³/mol. The van der Waals surface area contributed by atoms with Crippen molar-refractivity contribution in [2.24, 2.45) is 0 Å². The number of ether oxygens (including phenoxy) is 1. The lowest BCUT2D eigenvalue weighted by Crippen LogP contribution is -2.56. The Morgan fingerprint density at radius 1 is 1.32 bits per heavy atom. The summed E-state index contributed by atoms with van der Waals surface area (Å²) in [6.07, 6.45) is 0.840. The van der Waals surface area contributed by atoms with E-state index in [1.54, 1.807) is 4.90 Å². The van der Waals surface area contributed by atoms with Gasteiger partial charge in [0, 0.05) is 31.9 Å². The van der Waals surface area contributed by atoms with Crippen LogP contribution < -0.4 is 0 Å². The Balaban J connectivity index is 2.66. The van der Waals surface area contributed by atoms with Crippen LogP contribution >= 0.6 is 0 Å². The molecule has 0 saturated carbocycles. The molecule has 112 valence electrons. The average Bonchev–Trinajstić information content (AvgIpc) is 2.16. The van der Waals surface area contributed by atoms with E-state index >= 15 is 0 Å². The summed E-state index contributed by atoms with van der Waals surface area (Å²) >= 11 is 0. The Morgan fingerprint density at radius 2 is 1.89 bits per heavy atom. The summed E-state index contributed by atoms with van der Waals surface area (Å²) < 4.78 is 28.1. The van der Waals surface area contributed by atoms with Gasteiger partial charge in [-0.05, 0) is 27.8 Å².